The Kier molecular flexibility index (Phi) is 4.18. The smallest absolute Gasteiger partial charge is 0.238 e. The van der Waals surface area contributed by atoms with Gasteiger partial charge in [0.15, 0.2) is 0 Å². The van der Waals surface area contributed by atoms with Crippen molar-refractivity contribution in [3.05, 3.63) is 29.8 Å². The van der Waals surface area contributed by atoms with Crippen LogP contribution in [0.5, 0.6) is 0 Å². The second-order valence-electron chi connectivity index (χ2n) is 4.71. The summed E-state index contributed by atoms with van der Waals surface area (Å²) in [4.78, 5) is 11.6. The summed E-state index contributed by atoms with van der Waals surface area (Å²) >= 11 is 0. The van der Waals surface area contributed by atoms with Gasteiger partial charge in [0.2, 0.25) is 15.9 Å². The van der Waals surface area contributed by atoms with Gasteiger partial charge in [0.05, 0.1) is 12.3 Å². The van der Waals surface area contributed by atoms with Crippen molar-refractivity contribution in [2.24, 2.45) is 5.14 Å². The topological polar surface area (TPSA) is 101 Å². The third-order valence-corrected chi connectivity index (χ3v) is 3.47. The molecule has 104 valence electrons. The quantitative estimate of drug-likeness (QED) is 0.692. The Morgan fingerprint density at radius 1 is 1.26 bits per heavy atom. The predicted octanol–water partition coefficient (Wildman–Crippen LogP) is 0.166. The van der Waals surface area contributed by atoms with Gasteiger partial charge in [-0.25, -0.2) is 13.6 Å². The first kappa shape index (κ1) is 14.0. The molecule has 0 radical (unpaired) electrons. The van der Waals surface area contributed by atoms with Crippen molar-refractivity contribution in [2.75, 3.05) is 11.9 Å². The minimum Gasteiger partial charge on any atom is -0.325 e. The van der Waals surface area contributed by atoms with Crippen LogP contribution in [0.15, 0.2) is 24.3 Å². The van der Waals surface area contributed by atoms with E-state index in [1.165, 1.54) is 0 Å². The Morgan fingerprint density at radius 2 is 1.89 bits per heavy atom. The highest BCUT2D eigenvalue weighted by Gasteiger charge is 2.21. The molecule has 1 amide bonds. The molecule has 1 aromatic rings. The number of sulfonamides is 1. The summed E-state index contributed by atoms with van der Waals surface area (Å²) in [7, 11) is -3.52. The number of amides is 1. The van der Waals surface area contributed by atoms with E-state index in [0.29, 0.717) is 23.8 Å². The van der Waals surface area contributed by atoms with Crippen LogP contribution in [-0.4, -0.2) is 26.9 Å². The number of nitrogens with one attached hydrogen (secondary N) is 2. The van der Waals surface area contributed by atoms with Crippen LogP contribution in [0.3, 0.4) is 0 Å². The average molecular weight is 283 g/mol. The summed E-state index contributed by atoms with van der Waals surface area (Å²) < 4.78 is 21.8. The van der Waals surface area contributed by atoms with Crippen molar-refractivity contribution < 1.29 is 13.2 Å². The molecule has 0 unspecified atom stereocenters. The lowest BCUT2D eigenvalue weighted by atomic mass is 10.2. The van der Waals surface area contributed by atoms with Crippen LogP contribution >= 0.6 is 0 Å². The number of hydrogen-bond acceptors (Lipinski definition) is 4. The van der Waals surface area contributed by atoms with Gasteiger partial charge in [-0.2, -0.15) is 0 Å². The monoisotopic (exact) mass is 283 g/mol. The number of nitrogens with two attached hydrogens (primary N) is 1. The van der Waals surface area contributed by atoms with E-state index in [1.54, 1.807) is 24.3 Å². The van der Waals surface area contributed by atoms with Gasteiger partial charge in [-0.15, -0.1) is 0 Å². The van der Waals surface area contributed by atoms with E-state index in [-0.39, 0.29) is 11.7 Å². The molecule has 0 heterocycles. The molecule has 6 nitrogen and oxygen atoms in total. The summed E-state index contributed by atoms with van der Waals surface area (Å²) in [5.74, 6) is -0.309. The Balaban J connectivity index is 1.85. The zero-order valence-corrected chi connectivity index (χ0v) is 11.2. The number of primary sulfonamides is 1. The molecule has 0 aliphatic heterocycles. The maximum Gasteiger partial charge on any atom is 0.238 e. The fourth-order valence-electron chi connectivity index (χ4n) is 1.65. The lowest BCUT2D eigenvalue weighted by molar-refractivity contribution is -0.115. The van der Waals surface area contributed by atoms with E-state index in [0.717, 1.165) is 12.8 Å². The minimum atomic E-state index is -3.52. The van der Waals surface area contributed by atoms with Crippen molar-refractivity contribution >= 4 is 21.6 Å². The first-order chi connectivity index (χ1) is 8.92. The van der Waals surface area contributed by atoms with Crippen molar-refractivity contribution in [1.29, 1.82) is 0 Å². The molecular weight excluding hydrogens is 266 g/mol. The Bertz CT molecular complexity index is 550. The second kappa shape index (κ2) is 5.68. The number of anilines is 1. The lowest BCUT2D eigenvalue weighted by Gasteiger charge is -2.07. The summed E-state index contributed by atoms with van der Waals surface area (Å²) in [6.07, 6.45) is 2.27. The molecule has 0 spiro atoms. The highest BCUT2D eigenvalue weighted by Crippen LogP contribution is 2.18. The fraction of sp³-hybridized carbons (Fsp3) is 0.417. The normalized spacial score (nSPS) is 15.2. The first-order valence-electron chi connectivity index (χ1n) is 6.05. The van der Waals surface area contributed by atoms with Crippen LogP contribution in [0.2, 0.25) is 0 Å². The number of rotatable bonds is 6. The third-order valence-electron chi connectivity index (χ3n) is 2.73. The molecular formula is C12H17N3O3S. The van der Waals surface area contributed by atoms with E-state index in [4.69, 9.17) is 5.14 Å². The zero-order chi connectivity index (χ0) is 13.9. The van der Waals surface area contributed by atoms with Gasteiger partial charge in [0.1, 0.15) is 0 Å². The predicted molar refractivity (Wildman–Crippen MR) is 72.9 cm³/mol. The molecule has 19 heavy (non-hydrogen) atoms. The maximum absolute atomic E-state index is 11.6. The van der Waals surface area contributed by atoms with Crippen LogP contribution in [0.25, 0.3) is 0 Å². The second-order valence-corrected chi connectivity index (χ2v) is 6.32. The van der Waals surface area contributed by atoms with E-state index in [9.17, 15) is 13.2 Å². The fourth-order valence-corrected chi connectivity index (χ4v) is 2.30. The number of hydrogen-bond donors (Lipinski definition) is 3. The van der Waals surface area contributed by atoms with Crippen molar-refractivity contribution in [3.63, 3.8) is 0 Å². The van der Waals surface area contributed by atoms with Crippen LogP contribution in [0.4, 0.5) is 5.69 Å². The van der Waals surface area contributed by atoms with Crippen LogP contribution in [0.1, 0.15) is 18.4 Å². The molecule has 2 rings (SSSR count). The molecule has 0 atom stereocenters. The molecule has 1 fully saturated rings. The van der Waals surface area contributed by atoms with Crippen LogP contribution in [-0.2, 0) is 20.6 Å². The molecule has 0 bridgehead atoms. The van der Waals surface area contributed by atoms with Crippen LogP contribution in [0, 0.1) is 0 Å². The van der Waals surface area contributed by atoms with Gasteiger partial charge >= 0.3 is 0 Å². The standard InChI is InChI=1S/C12H17N3O3S/c13-19(17,18)8-9-1-3-11(4-2-9)15-12(16)7-14-10-5-6-10/h1-4,10,14H,5-8H2,(H,15,16)(H2,13,17,18). The number of carbonyl (C=O) groups is 1. The summed E-state index contributed by atoms with van der Waals surface area (Å²) in [5.41, 5.74) is 1.23. The van der Waals surface area contributed by atoms with Gasteiger partial charge in [0.25, 0.3) is 0 Å². The third kappa shape index (κ3) is 5.37. The van der Waals surface area contributed by atoms with Crippen LogP contribution < -0.4 is 15.8 Å². The minimum absolute atomic E-state index is 0.105. The van der Waals surface area contributed by atoms with Crippen molar-refractivity contribution in [2.45, 2.75) is 24.6 Å². The maximum atomic E-state index is 11.6. The highest BCUT2D eigenvalue weighted by atomic mass is 32.2. The summed E-state index contributed by atoms with van der Waals surface area (Å²) in [6.45, 7) is 0.295. The van der Waals surface area contributed by atoms with Crippen molar-refractivity contribution in [3.8, 4) is 0 Å². The largest absolute Gasteiger partial charge is 0.325 e. The van der Waals surface area contributed by atoms with E-state index in [2.05, 4.69) is 10.6 Å². The van der Waals surface area contributed by atoms with Gasteiger partial charge in [-0.05, 0) is 30.5 Å². The molecule has 0 aromatic heterocycles. The Morgan fingerprint density at radius 3 is 2.42 bits per heavy atom. The molecule has 1 saturated carbocycles. The van der Waals surface area contributed by atoms with Gasteiger partial charge in [-0.3, -0.25) is 4.79 Å². The van der Waals surface area contributed by atoms with Gasteiger partial charge < -0.3 is 10.6 Å². The number of benzene rings is 1. The summed E-state index contributed by atoms with van der Waals surface area (Å²) in [5, 5.41) is 10.8. The van der Waals surface area contributed by atoms with Gasteiger partial charge in [0, 0.05) is 11.7 Å². The Hall–Kier alpha value is -1.44. The first-order valence-corrected chi connectivity index (χ1v) is 7.76. The SMILES string of the molecule is NS(=O)(=O)Cc1ccc(NC(=O)CNC2CC2)cc1. The highest BCUT2D eigenvalue weighted by molar-refractivity contribution is 7.88. The zero-order valence-electron chi connectivity index (χ0n) is 10.4. The lowest BCUT2D eigenvalue weighted by Crippen LogP contribution is -2.29. The van der Waals surface area contributed by atoms with Crippen molar-refractivity contribution in [1.82, 2.24) is 5.32 Å². The molecule has 4 N–H and O–H groups in total. The van der Waals surface area contributed by atoms with E-state index >= 15 is 0 Å². The molecule has 0 saturated heterocycles. The summed E-state index contributed by atoms with van der Waals surface area (Å²) in [6, 6.07) is 7.08. The Labute approximate surface area is 112 Å². The van der Waals surface area contributed by atoms with E-state index in [1.807, 2.05) is 0 Å². The molecule has 1 aromatic carbocycles. The molecule has 1 aliphatic rings. The number of carbonyl (C=O) groups excluding carboxylic acids is 1. The average Bonchev–Trinajstić information content (AvgIpc) is 3.11. The van der Waals surface area contributed by atoms with Gasteiger partial charge in [-0.1, -0.05) is 12.1 Å². The molecule has 1 aliphatic carbocycles. The van der Waals surface area contributed by atoms with E-state index < -0.39 is 10.0 Å². The molecule has 7 heteroatoms.